The number of nitrogens with one attached hydrogen (secondary N) is 1. The lowest BCUT2D eigenvalue weighted by atomic mass is 10.4. The van der Waals surface area contributed by atoms with Gasteiger partial charge in [-0.15, -0.1) is 0 Å². The first-order valence-corrected chi connectivity index (χ1v) is 7.57. The maximum Gasteiger partial charge on any atom is 0.244 e. The molecule has 0 spiro atoms. The highest BCUT2D eigenvalue weighted by molar-refractivity contribution is 7.89. The average Bonchev–Trinajstić information content (AvgIpc) is 2.27. The van der Waals surface area contributed by atoms with E-state index >= 15 is 0 Å². The van der Waals surface area contributed by atoms with Crippen LogP contribution in [-0.4, -0.2) is 38.3 Å². The van der Waals surface area contributed by atoms with E-state index in [1.54, 1.807) is 26.0 Å². The second-order valence-electron chi connectivity index (χ2n) is 4.41. The third-order valence-electron chi connectivity index (χ3n) is 2.34. The van der Waals surface area contributed by atoms with Gasteiger partial charge in [0.15, 0.2) is 0 Å². The molecule has 0 aliphatic heterocycles. The van der Waals surface area contributed by atoms with Crippen molar-refractivity contribution < 1.29 is 13.2 Å². The predicted octanol–water partition coefficient (Wildman–Crippen LogP) is 1.49. The molecular formula is C12H17ClN2O3S. The number of hydrogen-bond acceptors (Lipinski definition) is 3. The van der Waals surface area contributed by atoms with E-state index < -0.39 is 10.0 Å². The molecule has 0 unspecified atom stereocenters. The van der Waals surface area contributed by atoms with Crippen LogP contribution in [0.1, 0.15) is 13.8 Å². The van der Waals surface area contributed by atoms with Gasteiger partial charge in [0, 0.05) is 13.1 Å². The van der Waals surface area contributed by atoms with Crippen molar-refractivity contribution in [3.05, 3.63) is 29.3 Å². The molecule has 0 saturated carbocycles. The molecule has 0 aliphatic rings. The summed E-state index contributed by atoms with van der Waals surface area (Å²) in [5.74, 6) is -0.354. The third-order valence-corrected chi connectivity index (χ3v) is 4.64. The van der Waals surface area contributed by atoms with Crippen molar-refractivity contribution in [1.82, 2.24) is 9.62 Å². The first kappa shape index (κ1) is 15.9. The summed E-state index contributed by atoms with van der Waals surface area (Å²) in [6.07, 6.45) is 0. The van der Waals surface area contributed by atoms with Gasteiger partial charge >= 0.3 is 0 Å². The summed E-state index contributed by atoms with van der Waals surface area (Å²) < 4.78 is 25.4. The molecule has 1 aromatic rings. The van der Waals surface area contributed by atoms with Crippen LogP contribution in [0.25, 0.3) is 0 Å². The van der Waals surface area contributed by atoms with Gasteiger partial charge in [0.05, 0.1) is 11.6 Å². The Balaban J connectivity index is 2.90. The number of halogens is 1. The minimum Gasteiger partial charge on any atom is -0.353 e. The second-order valence-corrected chi connectivity index (χ2v) is 6.83. The van der Waals surface area contributed by atoms with Gasteiger partial charge in [-0.2, -0.15) is 4.31 Å². The zero-order valence-corrected chi connectivity index (χ0v) is 12.6. The number of likely N-dealkylation sites (N-methyl/N-ethyl adjacent to an activating group) is 1. The van der Waals surface area contributed by atoms with Gasteiger partial charge in [-0.25, -0.2) is 8.42 Å². The van der Waals surface area contributed by atoms with E-state index in [0.29, 0.717) is 0 Å². The van der Waals surface area contributed by atoms with Crippen molar-refractivity contribution in [3.63, 3.8) is 0 Å². The molecule has 0 aromatic heterocycles. The Kier molecular flexibility index (Phi) is 5.34. The Labute approximate surface area is 118 Å². The van der Waals surface area contributed by atoms with Crippen molar-refractivity contribution in [3.8, 4) is 0 Å². The van der Waals surface area contributed by atoms with E-state index in [2.05, 4.69) is 5.32 Å². The van der Waals surface area contributed by atoms with Crippen molar-refractivity contribution in [2.24, 2.45) is 0 Å². The molecule has 0 heterocycles. The van der Waals surface area contributed by atoms with E-state index in [9.17, 15) is 13.2 Å². The molecular weight excluding hydrogens is 288 g/mol. The molecule has 0 bridgehead atoms. The zero-order valence-electron chi connectivity index (χ0n) is 11.1. The number of hydrogen-bond donors (Lipinski definition) is 1. The quantitative estimate of drug-likeness (QED) is 0.896. The first-order valence-electron chi connectivity index (χ1n) is 5.75. The van der Waals surface area contributed by atoms with Crippen LogP contribution < -0.4 is 5.32 Å². The molecule has 0 radical (unpaired) electrons. The van der Waals surface area contributed by atoms with Crippen LogP contribution in [0, 0.1) is 0 Å². The summed E-state index contributed by atoms with van der Waals surface area (Å²) in [5.41, 5.74) is 0. The van der Waals surface area contributed by atoms with E-state index in [4.69, 9.17) is 11.6 Å². The molecule has 0 atom stereocenters. The highest BCUT2D eigenvalue weighted by atomic mass is 35.5. The first-order chi connectivity index (χ1) is 8.75. The Hall–Kier alpha value is -1.11. The van der Waals surface area contributed by atoms with E-state index in [1.165, 1.54) is 19.2 Å². The molecule has 1 N–H and O–H groups in total. The normalized spacial score (nSPS) is 11.9. The second kappa shape index (κ2) is 6.36. The summed E-state index contributed by atoms with van der Waals surface area (Å²) in [6.45, 7) is 3.37. The van der Waals surface area contributed by atoms with Crippen molar-refractivity contribution >= 4 is 27.5 Å². The summed E-state index contributed by atoms with van der Waals surface area (Å²) in [6, 6.07) is 6.10. The van der Waals surface area contributed by atoms with Gasteiger partial charge in [0.25, 0.3) is 0 Å². The SMILES string of the molecule is CC(C)NC(=O)CN(C)S(=O)(=O)c1ccccc1Cl. The largest absolute Gasteiger partial charge is 0.353 e. The lowest BCUT2D eigenvalue weighted by Gasteiger charge is -2.18. The summed E-state index contributed by atoms with van der Waals surface area (Å²) >= 11 is 5.87. The fourth-order valence-corrected chi connectivity index (χ4v) is 3.09. The average molecular weight is 305 g/mol. The standard InChI is InChI=1S/C12H17ClN2O3S/c1-9(2)14-12(16)8-15(3)19(17,18)11-7-5-4-6-10(11)13/h4-7,9H,8H2,1-3H3,(H,14,16). The molecule has 7 heteroatoms. The van der Waals surface area contributed by atoms with Gasteiger partial charge < -0.3 is 5.32 Å². The number of amides is 1. The molecule has 1 rings (SSSR count). The summed E-state index contributed by atoms with van der Waals surface area (Å²) in [4.78, 5) is 11.6. The molecule has 19 heavy (non-hydrogen) atoms. The highest BCUT2D eigenvalue weighted by Gasteiger charge is 2.25. The van der Waals surface area contributed by atoms with Crippen LogP contribution in [0.3, 0.4) is 0 Å². The molecule has 5 nitrogen and oxygen atoms in total. The van der Waals surface area contributed by atoms with E-state index in [-0.39, 0.29) is 28.4 Å². The van der Waals surface area contributed by atoms with E-state index in [0.717, 1.165) is 4.31 Å². The van der Waals surface area contributed by atoms with Crippen molar-refractivity contribution in [1.29, 1.82) is 0 Å². The fraction of sp³-hybridized carbons (Fsp3) is 0.417. The zero-order chi connectivity index (χ0) is 14.6. The number of nitrogens with zero attached hydrogens (tertiary/aromatic N) is 1. The lowest BCUT2D eigenvalue weighted by Crippen LogP contribution is -2.40. The highest BCUT2D eigenvalue weighted by Crippen LogP contribution is 2.23. The van der Waals surface area contributed by atoms with Gasteiger partial charge in [0.1, 0.15) is 4.90 Å². The molecule has 106 valence electrons. The monoisotopic (exact) mass is 304 g/mol. The van der Waals surface area contributed by atoms with Crippen LogP contribution in [0.5, 0.6) is 0 Å². The third kappa shape index (κ3) is 4.19. The number of sulfonamides is 1. The summed E-state index contributed by atoms with van der Waals surface area (Å²) in [7, 11) is -2.41. The number of carbonyl (C=O) groups excluding carboxylic acids is 1. The van der Waals surface area contributed by atoms with Gasteiger partial charge in [-0.1, -0.05) is 23.7 Å². The molecule has 0 saturated heterocycles. The lowest BCUT2D eigenvalue weighted by molar-refractivity contribution is -0.121. The van der Waals surface area contributed by atoms with Crippen LogP contribution >= 0.6 is 11.6 Å². The van der Waals surface area contributed by atoms with Crippen LogP contribution in [-0.2, 0) is 14.8 Å². The molecule has 1 aromatic carbocycles. The smallest absolute Gasteiger partial charge is 0.244 e. The Morgan fingerprint density at radius 2 is 1.95 bits per heavy atom. The van der Waals surface area contributed by atoms with E-state index in [1.807, 2.05) is 0 Å². The Bertz CT molecular complexity index is 558. The van der Waals surface area contributed by atoms with Crippen molar-refractivity contribution in [2.45, 2.75) is 24.8 Å². The van der Waals surface area contributed by atoms with Gasteiger partial charge in [0.2, 0.25) is 15.9 Å². The maximum atomic E-state index is 12.2. The number of benzene rings is 1. The Morgan fingerprint density at radius 1 is 1.37 bits per heavy atom. The van der Waals surface area contributed by atoms with Gasteiger partial charge in [-0.3, -0.25) is 4.79 Å². The molecule has 1 amide bonds. The number of rotatable bonds is 5. The van der Waals surface area contributed by atoms with Crippen LogP contribution in [0.4, 0.5) is 0 Å². The van der Waals surface area contributed by atoms with Crippen LogP contribution in [0.2, 0.25) is 5.02 Å². The fourth-order valence-electron chi connectivity index (χ4n) is 1.48. The number of carbonyl (C=O) groups is 1. The molecule has 0 aliphatic carbocycles. The topological polar surface area (TPSA) is 66.5 Å². The maximum absolute atomic E-state index is 12.2. The molecule has 0 fully saturated rings. The van der Waals surface area contributed by atoms with Crippen LogP contribution in [0.15, 0.2) is 29.2 Å². The summed E-state index contributed by atoms with van der Waals surface area (Å²) in [5, 5.41) is 2.77. The predicted molar refractivity (Wildman–Crippen MR) is 74.5 cm³/mol. The van der Waals surface area contributed by atoms with Gasteiger partial charge in [-0.05, 0) is 26.0 Å². The minimum absolute atomic E-state index is 0.00323. The Morgan fingerprint density at radius 3 is 2.47 bits per heavy atom. The van der Waals surface area contributed by atoms with Crippen molar-refractivity contribution in [2.75, 3.05) is 13.6 Å². The minimum atomic E-state index is -3.76.